The maximum absolute atomic E-state index is 10.6. The van der Waals surface area contributed by atoms with Crippen LogP contribution in [0.25, 0.3) is 0 Å². The molecule has 1 rings (SSSR count). The van der Waals surface area contributed by atoms with Gasteiger partial charge in [0, 0.05) is 19.4 Å². The lowest BCUT2D eigenvalue weighted by Gasteiger charge is -2.07. The Hall–Kier alpha value is -1.66. The average molecular weight is 241 g/mol. The quantitative estimate of drug-likeness (QED) is 0.679. The van der Waals surface area contributed by atoms with Crippen molar-refractivity contribution in [2.24, 2.45) is 0 Å². The van der Waals surface area contributed by atoms with E-state index in [-0.39, 0.29) is 5.69 Å². The van der Waals surface area contributed by atoms with Crippen LogP contribution >= 0.6 is 0 Å². The van der Waals surface area contributed by atoms with E-state index in [0.29, 0.717) is 32.2 Å². The Morgan fingerprint density at radius 1 is 1.35 bits per heavy atom. The van der Waals surface area contributed by atoms with Crippen LogP contribution < -0.4 is 4.74 Å². The third kappa shape index (κ3) is 5.28. The molecule has 0 spiro atoms. The van der Waals surface area contributed by atoms with Crippen molar-refractivity contribution < 1.29 is 24.1 Å². The molecule has 0 atom stereocenters. The monoisotopic (exact) mass is 241 g/mol. The van der Waals surface area contributed by atoms with Gasteiger partial charge in [-0.2, -0.15) is 0 Å². The van der Waals surface area contributed by atoms with Crippen molar-refractivity contribution in [3.05, 3.63) is 24.0 Å². The van der Waals surface area contributed by atoms with Crippen molar-refractivity contribution in [3.8, 4) is 5.75 Å². The highest BCUT2D eigenvalue weighted by molar-refractivity contribution is 5.85. The summed E-state index contributed by atoms with van der Waals surface area (Å²) in [6, 6.07) is 2.97. The van der Waals surface area contributed by atoms with Crippen LogP contribution in [-0.4, -0.2) is 49.6 Å². The fraction of sp³-hybridized carbons (Fsp3) is 0.455. The maximum atomic E-state index is 10.6. The normalized spacial score (nSPS) is 10.2. The van der Waals surface area contributed by atoms with E-state index in [4.69, 9.17) is 19.3 Å². The van der Waals surface area contributed by atoms with Crippen LogP contribution in [0.4, 0.5) is 0 Å². The Labute approximate surface area is 99.1 Å². The molecule has 0 aliphatic heterocycles. The summed E-state index contributed by atoms with van der Waals surface area (Å²) in [6.45, 7) is 1.83. The maximum Gasteiger partial charge on any atom is 0.354 e. The van der Waals surface area contributed by atoms with Gasteiger partial charge in [-0.3, -0.25) is 0 Å². The highest BCUT2D eigenvalue weighted by Crippen LogP contribution is 2.10. The molecule has 6 heteroatoms. The van der Waals surface area contributed by atoms with Crippen LogP contribution in [0.15, 0.2) is 18.3 Å². The minimum Gasteiger partial charge on any atom is -0.491 e. The van der Waals surface area contributed by atoms with E-state index in [2.05, 4.69) is 4.98 Å². The number of ether oxygens (including phenoxy) is 3. The van der Waals surface area contributed by atoms with Crippen LogP contribution in [0.5, 0.6) is 5.75 Å². The number of rotatable bonds is 8. The lowest BCUT2D eigenvalue weighted by Crippen LogP contribution is -2.10. The van der Waals surface area contributed by atoms with Gasteiger partial charge in [-0.1, -0.05) is 0 Å². The number of nitrogens with zero attached hydrogens (tertiary/aromatic N) is 1. The lowest BCUT2D eigenvalue weighted by atomic mass is 10.3. The molecule has 0 fully saturated rings. The van der Waals surface area contributed by atoms with Gasteiger partial charge in [-0.25, -0.2) is 9.78 Å². The summed E-state index contributed by atoms with van der Waals surface area (Å²) in [6.07, 6.45) is 1.39. The highest BCUT2D eigenvalue weighted by Gasteiger charge is 2.05. The first-order chi connectivity index (χ1) is 8.24. The van der Waals surface area contributed by atoms with Crippen LogP contribution in [-0.2, 0) is 9.47 Å². The summed E-state index contributed by atoms with van der Waals surface area (Å²) in [4.78, 5) is 14.3. The molecule has 6 nitrogen and oxygen atoms in total. The second-order valence-electron chi connectivity index (χ2n) is 3.14. The van der Waals surface area contributed by atoms with Crippen molar-refractivity contribution in [1.82, 2.24) is 4.98 Å². The van der Waals surface area contributed by atoms with E-state index in [1.807, 2.05) is 0 Å². The number of methoxy groups -OCH3 is 1. The minimum absolute atomic E-state index is 0.0391. The Balaban J connectivity index is 2.27. The van der Waals surface area contributed by atoms with Gasteiger partial charge in [0.2, 0.25) is 0 Å². The smallest absolute Gasteiger partial charge is 0.354 e. The van der Waals surface area contributed by atoms with Crippen LogP contribution in [0.3, 0.4) is 0 Å². The number of aromatic carboxylic acids is 1. The lowest BCUT2D eigenvalue weighted by molar-refractivity contribution is 0.0543. The third-order valence-corrected chi connectivity index (χ3v) is 1.88. The summed E-state index contributed by atoms with van der Waals surface area (Å²) < 4.78 is 15.3. The molecule has 0 aliphatic rings. The molecule has 1 aromatic heterocycles. The van der Waals surface area contributed by atoms with Crippen molar-refractivity contribution in [1.29, 1.82) is 0 Å². The number of pyridine rings is 1. The first-order valence-electron chi connectivity index (χ1n) is 5.13. The number of aromatic nitrogens is 1. The molecule has 0 unspecified atom stereocenters. The van der Waals surface area contributed by atoms with Gasteiger partial charge in [0.15, 0.2) is 5.69 Å². The zero-order chi connectivity index (χ0) is 12.5. The molecular formula is C11H15NO5. The molecule has 0 aromatic carbocycles. The second kappa shape index (κ2) is 7.59. The predicted octanol–water partition coefficient (Wildman–Crippen LogP) is 0.822. The van der Waals surface area contributed by atoms with E-state index in [0.717, 1.165) is 0 Å². The molecule has 0 amide bonds. The fourth-order valence-corrected chi connectivity index (χ4v) is 1.08. The predicted molar refractivity (Wildman–Crippen MR) is 59.4 cm³/mol. The van der Waals surface area contributed by atoms with Gasteiger partial charge in [-0.15, -0.1) is 0 Å². The van der Waals surface area contributed by atoms with E-state index in [1.165, 1.54) is 12.3 Å². The molecule has 1 heterocycles. The first kappa shape index (κ1) is 13.4. The minimum atomic E-state index is -1.08. The fourth-order valence-electron chi connectivity index (χ4n) is 1.08. The summed E-state index contributed by atoms with van der Waals surface area (Å²) in [5.41, 5.74) is -0.0391. The van der Waals surface area contributed by atoms with Crippen molar-refractivity contribution in [3.63, 3.8) is 0 Å². The Morgan fingerprint density at radius 3 is 2.82 bits per heavy atom. The van der Waals surface area contributed by atoms with Gasteiger partial charge in [0.25, 0.3) is 0 Å². The average Bonchev–Trinajstić information content (AvgIpc) is 2.34. The third-order valence-electron chi connectivity index (χ3n) is 1.88. The number of carboxylic acid groups (broad SMARTS) is 1. The summed E-state index contributed by atoms with van der Waals surface area (Å²) in [5, 5.41) is 8.72. The van der Waals surface area contributed by atoms with Crippen LogP contribution in [0, 0.1) is 0 Å². The Kier molecular flexibility index (Phi) is 5.98. The molecule has 1 aromatic rings. The molecule has 1 N–H and O–H groups in total. The molecule has 0 saturated carbocycles. The number of hydrogen-bond acceptors (Lipinski definition) is 5. The van der Waals surface area contributed by atoms with Gasteiger partial charge < -0.3 is 19.3 Å². The van der Waals surface area contributed by atoms with Crippen LogP contribution in [0.2, 0.25) is 0 Å². The van der Waals surface area contributed by atoms with Crippen molar-refractivity contribution in [2.45, 2.75) is 0 Å². The molecule has 0 saturated heterocycles. The van der Waals surface area contributed by atoms with E-state index >= 15 is 0 Å². The van der Waals surface area contributed by atoms with Gasteiger partial charge in [-0.05, 0) is 6.07 Å². The summed E-state index contributed by atoms with van der Waals surface area (Å²) in [5.74, 6) is -0.612. The molecule has 0 bridgehead atoms. The van der Waals surface area contributed by atoms with Crippen LogP contribution in [0.1, 0.15) is 10.5 Å². The zero-order valence-corrected chi connectivity index (χ0v) is 9.59. The van der Waals surface area contributed by atoms with Gasteiger partial charge in [0.1, 0.15) is 12.4 Å². The van der Waals surface area contributed by atoms with E-state index in [1.54, 1.807) is 13.2 Å². The topological polar surface area (TPSA) is 77.9 Å². The van der Waals surface area contributed by atoms with E-state index < -0.39 is 5.97 Å². The largest absolute Gasteiger partial charge is 0.491 e. The standard InChI is InChI=1S/C11H15NO5/c1-15-4-5-16-6-7-17-9-2-3-12-10(8-9)11(13)14/h2-3,8H,4-7H2,1H3,(H,13,14). The first-order valence-corrected chi connectivity index (χ1v) is 5.13. The highest BCUT2D eigenvalue weighted by atomic mass is 16.5. The van der Waals surface area contributed by atoms with Crippen molar-refractivity contribution >= 4 is 5.97 Å². The van der Waals surface area contributed by atoms with Gasteiger partial charge >= 0.3 is 5.97 Å². The Morgan fingerprint density at radius 2 is 2.12 bits per heavy atom. The number of carboxylic acids is 1. The number of hydrogen-bond donors (Lipinski definition) is 1. The number of carbonyl (C=O) groups is 1. The molecule has 94 valence electrons. The molecular weight excluding hydrogens is 226 g/mol. The summed E-state index contributed by atoms with van der Waals surface area (Å²) >= 11 is 0. The second-order valence-corrected chi connectivity index (χ2v) is 3.14. The van der Waals surface area contributed by atoms with Crippen molar-refractivity contribution in [2.75, 3.05) is 33.5 Å². The molecule has 17 heavy (non-hydrogen) atoms. The molecule has 0 radical (unpaired) electrons. The Bertz CT molecular complexity index is 355. The zero-order valence-electron chi connectivity index (χ0n) is 9.59. The SMILES string of the molecule is COCCOCCOc1ccnc(C(=O)O)c1. The molecule has 0 aliphatic carbocycles. The van der Waals surface area contributed by atoms with Gasteiger partial charge in [0.05, 0.1) is 19.8 Å². The van der Waals surface area contributed by atoms with E-state index in [9.17, 15) is 4.79 Å². The summed E-state index contributed by atoms with van der Waals surface area (Å²) in [7, 11) is 1.60.